The van der Waals surface area contributed by atoms with Crippen molar-refractivity contribution in [3.8, 4) is 17.2 Å². The van der Waals surface area contributed by atoms with Crippen LogP contribution >= 0.6 is 0 Å². The number of nitrogens with zero attached hydrogens (tertiary/aromatic N) is 1. The zero-order chi connectivity index (χ0) is 21.7. The van der Waals surface area contributed by atoms with Crippen LogP contribution in [0, 0.1) is 11.3 Å². The van der Waals surface area contributed by atoms with Crippen molar-refractivity contribution in [2.75, 3.05) is 0 Å². The summed E-state index contributed by atoms with van der Waals surface area (Å²) >= 11 is 0. The number of carboxylic acid groups (broad SMARTS) is 1. The molecular weight excluding hydrogens is 384 g/mol. The van der Waals surface area contributed by atoms with Gasteiger partial charge in [0, 0.05) is 6.42 Å². The maximum Gasteiger partial charge on any atom is 0.405 e. The predicted molar refractivity (Wildman–Crippen MR) is 109 cm³/mol. The fraction of sp³-hybridized carbons (Fsp3) is 0.273. The van der Waals surface area contributed by atoms with Crippen molar-refractivity contribution in [2.24, 2.45) is 5.73 Å². The van der Waals surface area contributed by atoms with E-state index in [1.807, 2.05) is 36.4 Å². The van der Waals surface area contributed by atoms with E-state index in [-0.39, 0.29) is 6.42 Å². The van der Waals surface area contributed by atoms with Crippen LogP contribution in [0.25, 0.3) is 11.1 Å². The minimum atomic E-state index is -1.28. The smallest absolute Gasteiger partial charge is 0.405 e. The van der Waals surface area contributed by atoms with Crippen molar-refractivity contribution in [1.82, 2.24) is 10.6 Å². The molecule has 0 bridgehead atoms. The Kier molecular flexibility index (Phi) is 6.02. The first-order valence-corrected chi connectivity index (χ1v) is 9.54. The van der Waals surface area contributed by atoms with Gasteiger partial charge >= 0.3 is 6.09 Å². The second kappa shape index (κ2) is 8.66. The topological polar surface area (TPSA) is 145 Å². The molecule has 1 fully saturated rings. The number of benzene rings is 2. The van der Waals surface area contributed by atoms with E-state index in [0.29, 0.717) is 18.4 Å². The Morgan fingerprint density at radius 2 is 1.63 bits per heavy atom. The zero-order valence-electron chi connectivity index (χ0n) is 16.2. The molecule has 1 aliphatic rings. The molecule has 3 amide bonds. The number of nitrogens with two attached hydrogens (primary N) is 1. The Bertz CT molecular complexity index is 989. The number of primary amides is 1. The highest BCUT2D eigenvalue weighted by molar-refractivity contribution is 5.94. The molecule has 30 heavy (non-hydrogen) atoms. The summed E-state index contributed by atoms with van der Waals surface area (Å²) in [6.45, 7) is 0. The molecule has 1 atom stereocenters. The summed E-state index contributed by atoms with van der Waals surface area (Å²) in [6, 6.07) is 15.8. The van der Waals surface area contributed by atoms with Crippen LogP contribution < -0.4 is 16.4 Å². The van der Waals surface area contributed by atoms with Crippen molar-refractivity contribution in [3.05, 3.63) is 59.7 Å². The Morgan fingerprint density at radius 1 is 1.07 bits per heavy atom. The molecule has 5 N–H and O–H groups in total. The van der Waals surface area contributed by atoms with Gasteiger partial charge in [-0.05, 0) is 48.1 Å². The Morgan fingerprint density at radius 3 is 2.07 bits per heavy atom. The number of amides is 3. The first-order valence-electron chi connectivity index (χ1n) is 9.54. The van der Waals surface area contributed by atoms with Crippen molar-refractivity contribution in [3.63, 3.8) is 0 Å². The molecule has 2 aromatic carbocycles. The number of nitrogens with one attached hydrogen (secondary N) is 2. The summed E-state index contributed by atoms with van der Waals surface area (Å²) in [5.74, 6) is -1.22. The van der Waals surface area contributed by atoms with Gasteiger partial charge in [-0.2, -0.15) is 5.26 Å². The molecule has 1 unspecified atom stereocenters. The molecular formula is C22H22N4O4. The van der Waals surface area contributed by atoms with Gasteiger partial charge in [0.15, 0.2) is 0 Å². The lowest BCUT2D eigenvalue weighted by Gasteiger charge is -2.40. The largest absolute Gasteiger partial charge is 0.465 e. The average Bonchev–Trinajstić information content (AvgIpc) is 2.70. The molecule has 0 aromatic heterocycles. The van der Waals surface area contributed by atoms with Gasteiger partial charge in [0.2, 0.25) is 11.8 Å². The van der Waals surface area contributed by atoms with Crippen LogP contribution in [0.5, 0.6) is 0 Å². The minimum absolute atomic E-state index is 0.192. The first kappa shape index (κ1) is 20.9. The molecule has 0 radical (unpaired) electrons. The standard InChI is InChI=1S/C22H22N4O4/c23-13-15-4-8-17(9-5-15)16-6-2-14(3-7-16)12-18(19(24)27)25-20(28)22(10-1-11-22)26-21(29)30/h2-9,18,26H,1,10-12H2,(H2,24,27)(H,25,28)(H,29,30). The lowest BCUT2D eigenvalue weighted by atomic mass is 9.76. The van der Waals surface area contributed by atoms with E-state index in [1.165, 1.54) is 0 Å². The lowest BCUT2D eigenvalue weighted by molar-refractivity contribution is -0.134. The van der Waals surface area contributed by atoms with Gasteiger partial charge in [0.25, 0.3) is 0 Å². The molecule has 1 aliphatic carbocycles. The molecule has 0 heterocycles. The highest BCUT2D eigenvalue weighted by Gasteiger charge is 2.46. The van der Waals surface area contributed by atoms with E-state index in [2.05, 4.69) is 16.7 Å². The van der Waals surface area contributed by atoms with Crippen molar-refractivity contribution < 1.29 is 19.5 Å². The quantitative estimate of drug-likeness (QED) is 0.555. The maximum absolute atomic E-state index is 12.6. The number of hydrogen-bond donors (Lipinski definition) is 4. The Hall–Kier alpha value is -3.86. The molecule has 1 saturated carbocycles. The third-order valence-electron chi connectivity index (χ3n) is 5.38. The highest BCUT2D eigenvalue weighted by atomic mass is 16.4. The number of carbonyl (C=O) groups is 3. The normalized spacial score (nSPS) is 15.2. The number of rotatable bonds is 7. The van der Waals surface area contributed by atoms with Crippen LogP contribution in [0.4, 0.5) is 4.79 Å². The molecule has 2 aromatic rings. The van der Waals surface area contributed by atoms with Crippen LogP contribution in [-0.4, -0.2) is 34.6 Å². The molecule has 8 nitrogen and oxygen atoms in total. The van der Waals surface area contributed by atoms with Crippen molar-refractivity contribution in [1.29, 1.82) is 5.26 Å². The Balaban J connectivity index is 1.69. The second-order valence-corrected chi connectivity index (χ2v) is 7.38. The van der Waals surface area contributed by atoms with Gasteiger partial charge in [0.1, 0.15) is 11.6 Å². The predicted octanol–water partition coefficient (Wildman–Crippen LogP) is 1.93. The van der Waals surface area contributed by atoms with Crippen LogP contribution in [0.15, 0.2) is 48.5 Å². The van der Waals surface area contributed by atoms with E-state index in [4.69, 9.17) is 16.1 Å². The van der Waals surface area contributed by atoms with Gasteiger partial charge in [-0.3, -0.25) is 9.59 Å². The van der Waals surface area contributed by atoms with Crippen LogP contribution in [-0.2, 0) is 16.0 Å². The van der Waals surface area contributed by atoms with E-state index in [9.17, 15) is 14.4 Å². The summed E-state index contributed by atoms with van der Waals surface area (Å²) in [5.41, 5.74) is 7.55. The van der Waals surface area contributed by atoms with E-state index in [1.54, 1.807) is 12.1 Å². The van der Waals surface area contributed by atoms with Gasteiger partial charge in [0.05, 0.1) is 11.6 Å². The van der Waals surface area contributed by atoms with Crippen LogP contribution in [0.2, 0.25) is 0 Å². The van der Waals surface area contributed by atoms with Crippen LogP contribution in [0.3, 0.4) is 0 Å². The number of hydrogen-bond acceptors (Lipinski definition) is 4. The van der Waals surface area contributed by atoms with E-state index in [0.717, 1.165) is 23.1 Å². The summed E-state index contributed by atoms with van der Waals surface area (Å²) in [6.07, 6.45) is 0.411. The molecule has 0 saturated heterocycles. The van der Waals surface area contributed by atoms with Gasteiger partial charge in [-0.15, -0.1) is 0 Å². The minimum Gasteiger partial charge on any atom is -0.465 e. The van der Waals surface area contributed by atoms with Crippen molar-refractivity contribution >= 4 is 17.9 Å². The fourth-order valence-corrected chi connectivity index (χ4v) is 3.47. The lowest BCUT2D eigenvalue weighted by Crippen LogP contribution is -2.65. The highest BCUT2D eigenvalue weighted by Crippen LogP contribution is 2.32. The fourth-order valence-electron chi connectivity index (χ4n) is 3.47. The summed E-state index contributed by atoms with van der Waals surface area (Å²) in [5, 5.41) is 22.7. The van der Waals surface area contributed by atoms with E-state index < -0.39 is 29.5 Å². The molecule has 154 valence electrons. The van der Waals surface area contributed by atoms with Crippen LogP contribution in [0.1, 0.15) is 30.4 Å². The maximum atomic E-state index is 12.6. The van der Waals surface area contributed by atoms with E-state index >= 15 is 0 Å². The van der Waals surface area contributed by atoms with Gasteiger partial charge in [-0.1, -0.05) is 36.4 Å². The average molecular weight is 406 g/mol. The number of carbonyl (C=O) groups excluding carboxylic acids is 2. The second-order valence-electron chi connectivity index (χ2n) is 7.38. The molecule has 3 rings (SSSR count). The SMILES string of the molecule is N#Cc1ccc(-c2ccc(CC(NC(=O)C3(NC(=O)O)CCC3)C(N)=O)cc2)cc1. The molecule has 0 spiro atoms. The monoisotopic (exact) mass is 406 g/mol. The Labute approximate surface area is 173 Å². The molecule has 8 heteroatoms. The van der Waals surface area contributed by atoms with Gasteiger partial charge in [-0.25, -0.2) is 4.79 Å². The third-order valence-corrected chi connectivity index (χ3v) is 5.38. The third kappa shape index (κ3) is 4.58. The zero-order valence-corrected chi connectivity index (χ0v) is 16.2. The summed E-state index contributed by atoms with van der Waals surface area (Å²) in [7, 11) is 0. The first-order chi connectivity index (χ1) is 14.3. The van der Waals surface area contributed by atoms with Crippen molar-refractivity contribution in [2.45, 2.75) is 37.3 Å². The molecule has 0 aliphatic heterocycles. The number of nitriles is 1. The van der Waals surface area contributed by atoms with Gasteiger partial charge < -0.3 is 21.5 Å². The summed E-state index contributed by atoms with van der Waals surface area (Å²) in [4.78, 5) is 35.5. The summed E-state index contributed by atoms with van der Waals surface area (Å²) < 4.78 is 0.